The van der Waals surface area contributed by atoms with Crippen molar-refractivity contribution in [1.29, 1.82) is 5.26 Å². The summed E-state index contributed by atoms with van der Waals surface area (Å²) in [5, 5.41) is 13.3. The second-order valence-electron chi connectivity index (χ2n) is 7.10. The molecular formula is C17H26N4OS+2. The Kier molecular flexibility index (Phi) is 5.00. The summed E-state index contributed by atoms with van der Waals surface area (Å²) in [6.45, 7) is 7.10. The Balaban J connectivity index is 1.66. The molecule has 124 valence electrons. The van der Waals surface area contributed by atoms with Gasteiger partial charge < -0.3 is 15.1 Å². The summed E-state index contributed by atoms with van der Waals surface area (Å²) in [6, 6.07) is 2.32. The zero-order chi connectivity index (χ0) is 16.4. The van der Waals surface area contributed by atoms with Crippen LogP contribution < -0.4 is 15.1 Å². The highest BCUT2D eigenvalue weighted by Gasteiger charge is 2.26. The molecule has 2 aliphatic rings. The molecule has 1 aromatic heterocycles. The SMILES string of the molecule is CC1CCc2c(sc(NC(=O)C[NH+]3CC[NH+](C)CC3)c2C#N)C1. The average Bonchev–Trinajstić information content (AvgIpc) is 2.85. The van der Waals surface area contributed by atoms with Gasteiger partial charge in [-0.1, -0.05) is 6.92 Å². The number of piperazine rings is 1. The van der Waals surface area contributed by atoms with E-state index in [1.54, 1.807) is 16.2 Å². The molecule has 1 unspecified atom stereocenters. The maximum absolute atomic E-state index is 12.4. The van der Waals surface area contributed by atoms with Crippen molar-refractivity contribution in [1.82, 2.24) is 0 Å². The molecule has 6 heteroatoms. The highest BCUT2D eigenvalue weighted by molar-refractivity contribution is 7.16. The number of carbonyl (C=O) groups excluding carboxylic acids is 1. The van der Waals surface area contributed by atoms with Gasteiger partial charge >= 0.3 is 0 Å². The van der Waals surface area contributed by atoms with Gasteiger partial charge in [0.25, 0.3) is 5.91 Å². The number of nitriles is 1. The van der Waals surface area contributed by atoms with Crippen LogP contribution in [-0.2, 0) is 17.6 Å². The van der Waals surface area contributed by atoms with Crippen LogP contribution in [0.5, 0.6) is 0 Å². The molecule has 0 radical (unpaired) electrons. The number of nitrogens with zero attached hydrogens (tertiary/aromatic N) is 1. The van der Waals surface area contributed by atoms with Gasteiger partial charge in [0.05, 0.1) is 12.6 Å². The van der Waals surface area contributed by atoms with E-state index in [-0.39, 0.29) is 5.91 Å². The molecule has 1 aromatic rings. The molecule has 1 amide bonds. The van der Waals surface area contributed by atoms with Crippen molar-refractivity contribution in [3.05, 3.63) is 16.0 Å². The van der Waals surface area contributed by atoms with Crippen LogP contribution in [-0.4, -0.2) is 45.7 Å². The minimum atomic E-state index is 0.0442. The highest BCUT2D eigenvalue weighted by atomic mass is 32.1. The number of nitrogens with one attached hydrogen (secondary N) is 3. The first kappa shape index (κ1) is 16.4. The quantitative estimate of drug-likeness (QED) is 0.671. The lowest BCUT2D eigenvalue weighted by atomic mass is 9.89. The standard InChI is InChI=1S/C17H24N4OS/c1-12-3-4-13-14(10-18)17(23-15(13)9-12)19-16(22)11-21-7-5-20(2)6-8-21/h12H,3-9,11H2,1-2H3,(H,19,22)/p+2. The smallest absolute Gasteiger partial charge is 0.280 e. The molecule has 2 heterocycles. The van der Waals surface area contributed by atoms with Crippen LogP contribution in [0.1, 0.15) is 29.3 Å². The molecule has 5 nitrogen and oxygen atoms in total. The summed E-state index contributed by atoms with van der Waals surface area (Å²) in [7, 11) is 2.20. The van der Waals surface area contributed by atoms with Gasteiger partial charge in [-0.2, -0.15) is 5.26 Å². The fraction of sp³-hybridized carbons (Fsp3) is 0.647. The van der Waals surface area contributed by atoms with Gasteiger partial charge in [-0.15, -0.1) is 11.3 Å². The second kappa shape index (κ2) is 7.00. The maximum atomic E-state index is 12.4. The predicted molar refractivity (Wildman–Crippen MR) is 91.0 cm³/mol. The van der Waals surface area contributed by atoms with E-state index in [0.717, 1.165) is 50.4 Å². The molecule has 1 atom stereocenters. The van der Waals surface area contributed by atoms with Crippen LogP contribution in [0.25, 0.3) is 0 Å². The van der Waals surface area contributed by atoms with E-state index in [0.29, 0.717) is 18.0 Å². The van der Waals surface area contributed by atoms with Gasteiger partial charge in [-0.3, -0.25) is 4.79 Å². The maximum Gasteiger partial charge on any atom is 0.280 e. The minimum Gasteiger partial charge on any atom is -0.328 e. The third-order valence-corrected chi connectivity index (χ3v) is 6.27. The van der Waals surface area contributed by atoms with E-state index < -0.39 is 0 Å². The number of fused-ring (bicyclic) bond motifs is 1. The second-order valence-corrected chi connectivity index (χ2v) is 8.20. The largest absolute Gasteiger partial charge is 0.328 e. The van der Waals surface area contributed by atoms with E-state index >= 15 is 0 Å². The number of hydrogen-bond donors (Lipinski definition) is 3. The van der Waals surface area contributed by atoms with Crippen LogP contribution in [0.3, 0.4) is 0 Å². The Hall–Kier alpha value is -1.42. The lowest BCUT2D eigenvalue weighted by molar-refractivity contribution is -0.999. The van der Waals surface area contributed by atoms with Gasteiger partial charge in [0.2, 0.25) is 0 Å². The Morgan fingerprint density at radius 2 is 2.13 bits per heavy atom. The molecule has 23 heavy (non-hydrogen) atoms. The van der Waals surface area contributed by atoms with Crippen molar-refractivity contribution in [3.8, 4) is 6.07 Å². The fourth-order valence-corrected chi connectivity index (χ4v) is 4.94. The van der Waals surface area contributed by atoms with Gasteiger partial charge in [0.1, 0.15) is 37.2 Å². The first-order valence-corrected chi connectivity index (χ1v) is 9.37. The molecule has 1 fully saturated rings. The molecule has 0 spiro atoms. The lowest BCUT2D eigenvalue weighted by Crippen LogP contribution is -3.27. The van der Waals surface area contributed by atoms with Gasteiger partial charge in [-0.05, 0) is 30.7 Å². The first-order chi connectivity index (χ1) is 11.1. The molecule has 3 rings (SSSR count). The third kappa shape index (κ3) is 3.74. The summed E-state index contributed by atoms with van der Waals surface area (Å²) in [6.07, 6.45) is 3.15. The fourth-order valence-electron chi connectivity index (χ4n) is 3.56. The van der Waals surface area contributed by atoms with Crippen molar-refractivity contribution in [2.24, 2.45) is 5.92 Å². The monoisotopic (exact) mass is 334 g/mol. The summed E-state index contributed by atoms with van der Waals surface area (Å²) in [5.41, 5.74) is 1.89. The van der Waals surface area contributed by atoms with E-state index in [1.165, 1.54) is 15.3 Å². The number of amides is 1. The molecule has 1 aliphatic heterocycles. The van der Waals surface area contributed by atoms with Crippen LogP contribution in [0, 0.1) is 17.2 Å². The Bertz CT molecular complexity index is 625. The number of anilines is 1. The molecule has 0 bridgehead atoms. The Labute approximate surface area is 141 Å². The zero-order valence-electron chi connectivity index (χ0n) is 14.0. The number of quaternary nitrogens is 2. The van der Waals surface area contributed by atoms with Crippen LogP contribution in [0.15, 0.2) is 0 Å². The summed E-state index contributed by atoms with van der Waals surface area (Å²) >= 11 is 1.61. The average molecular weight is 334 g/mol. The number of rotatable bonds is 3. The van der Waals surface area contributed by atoms with Gasteiger partial charge in [0, 0.05) is 4.88 Å². The number of carbonyl (C=O) groups is 1. The van der Waals surface area contributed by atoms with E-state index in [2.05, 4.69) is 25.4 Å². The van der Waals surface area contributed by atoms with Gasteiger partial charge in [0.15, 0.2) is 6.54 Å². The lowest BCUT2D eigenvalue weighted by Gasteiger charge is -2.26. The molecule has 0 saturated carbocycles. The highest BCUT2D eigenvalue weighted by Crippen LogP contribution is 2.39. The van der Waals surface area contributed by atoms with Crippen molar-refractivity contribution >= 4 is 22.2 Å². The molecule has 0 aromatic carbocycles. The van der Waals surface area contributed by atoms with Crippen LogP contribution >= 0.6 is 11.3 Å². The third-order valence-electron chi connectivity index (χ3n) is 5.10. The molecular weight excluding hydrogens is 308 g/mol. The zero-order valence-corrected chi connectivity index (χ0v) is 14.8. The minimum absolute atomic E-state index is 0.0442. The summed E-state index contributed by atoms with van der Waals surface area (Å²) < 4.78 is 0. The van der Waals surface area contributed by atoms with Crippen molar-refractivity contribution in [3.63, 3.8) is 0 Å². The van der Waals surface area contributed by atoms with Gasteiger partial charge in [-0.25, -0.2) is 0 Å². The van der Waals surface area contributed by atoms with E-state index in [9.17, 15) is 10.1 Å². The number of likely N-dealkylation sites (N-methyl/N-ethyl adjacent to an activating group) is 1. The normalized spacial score (nSPS) is 27.1. The number of hydrogen-bond acceptors (Lipinski definition) is 3. The van der Waals surface area contributed by atoms with Crippen LogP contribution in [0.2, 0.25) is 0 Å². The Morgan fingerprint density at radius 1 is 1.39 bits per heavy atom. The topological polar surface area (TPSA) is 61.8 Å². The summed E-state index contributed by atoms with van der Waals surface area (Å²) in [4.78, 5) is 16.6. The van der Waals surface area contributed by atoms with E-state index in [1.807, 2.05) is 0 Å². The van der Waals surface area contributed by atoms with Crippen LogP contribution in [0.4, 0.5) is 5.00 Å². The summed E-state index contributed by atoms with van der Waals surface area (Å²) in [5.74, 6) is 0.719. The molecule has 1 saturated heterocycles. The first-order valence-electron chi connectivity index (χ1n) is 8.56. The molecule has 1 aliphatic carbocycles. The predicted octanol–water partition coefficient (Wildman–Crippen LogP) is -0.904. The van der Waals surface area contributed by atoms with E-state index in [4.69, 9.17) is 0 Å². The van der Waals surface area contributed by atoms with Crippen molar-refractivity contribution in [2.45, 2.75) is 26.2 Å². The van der Waals surface area contributed by atoms with Crippen molar-refractivity contribution in [2.75, 3.05) is 45.1 Å². The Morgan fingerprint density at radius 3 is 2.83 bits per heavy atom. The van der Waals surface area contributed by atoms with Crippen molar-refractivity contribution < 1.29 is 14.6 Å². The number of thiophene rings is 1. The molecule has 3 N–H and O–H groups in total.